The van der Waals surface area contributed by atoms with Gasteiger partial charge in [0.25, 0.3) is 0 Å². The lowest BCUT2D eigenvalue weighted by atomic mass is 10.1. The molecule has 0 unspecified atom stereocenters. The van der Waals surface area contributed by atoms with Gasteiger partial charge in [-0.25, -0.2) is 4.98 Å². The first kappa shape index (κ1) is 17.9. The maximum absolute atomic E-state index is 12.4. The number of aromatic nitrogens is 4. The van der Waals surface area contributed by atoms with E-state index in [-0.39, 0.29) is 17.7 Å². The van der Waals surface area contributed by atoms with Crippen molar-refractivity contribution in [1.82, 2.24) is 24.2 Å². The van der Waals surface area contributed by atoms with E-state index in [4.69, 9.17) is 0 Å². The van der Waals surface area contributed by atoms with E-state index < -0.39 is 0 Å². The van der Waals surface area contributed by atoms with Gasteiger partial charge in [-0.05, 0) is 27.7 Å². The van der Waals surface area contributed by atoms with Crippen molar-refractivity contribution in [2.75, 3.05) is 13.6 Å². The summed E-state index contributed by atoms with van der Waals surface area (Å²) in [4.78, 5) is 29.8. The van der Waals surface area contributed by atoms with Crippen molar-refractivity contribution in [2.24, 2.45) is 0 Å². The fourth-order valence-electron chi connectivity index (χ4n) is 2.91. The lowest BCUT2D eigenvalue weighted by Gasteiger charge is -2.21. The van der Waals surface area contributed by atoms with Crippen LogP contribution in [0.2, 0.25) is 0 Å². The summed E-state index contributed by atoms with van der Waals surface area (Å²) in [6.45, 7) is 8.53. The number of likely N-dealkylation sites (N-methyl/N-ethyl adjacent to an activating group) is 1. The number of amides is 1. The fraction of sp³-hybridized carbons (Fsp3) is 0.529. The van der Waals surface area contributed by atoms with E-state index >= 15 is 0 Å². The Balaban J connectivity index is 1.98. The molecule has 0 saturated heterocycles. The number of carbonyl (C=O) groups excluding carboxylic acids is 2. The van der Waals surface area contributed by atoms with Gasteiger partial charge in [0.2, 0.25) is 5.91 Å². The molecule has 0 aliphatic heterocycles. The van der Waals surface area contributed by atoms with Crippen LogP contribution in [0, 0.1) is 13.8 Å². The molecule has 2 aromatic heterocycles. The van der Waals surface area contributed by atoms with Gasteiger partial charge in [0.15, 0.2) is 5.78 Å². The van der Waals surface area contributed by atoms with E-state index in [1.165, 1.54) is 0 Å². The van der Waals surface area contributed by atoms with Gasteiger partial charge in [-0.15, -0.1) is 0 Å². The second-order valence-corrected chi connectivity index (χ2v) is 6.22. The quantitative estimate of drug-likeness (QED) is 0.728. The van der Waals surface area contributed by atoms with Crippen LogP contribution in [0.15, 0.2) is 18.7 Å². The van der Waals surface area contributed by atoms with Crippen LogP contribution >= 0.6 is 0 Å². The van der Waals surface area contributed by atoms with Crippen LogP contribution in [0.1, 0.15) is 48.1 Å². The molecule has 130 valence electrons. The first-order chi connectivity index (χ1) is 11.3. The third kappa shape index (κ3) is 3.90. The average Bonchev–Trinajstić information content (AvgIpc) is 3.12. The maximum atomic E-state index is 12.4. The van der Waals surface area contributed by atoms with Gasteiger partial charge in [0.05, 0.1) is 23.6 Å². The molecule has 7 heteroatoms. The Morgan fingerprint density at radius 1 is 1.33 bits per heavy atom. The van der Waals surface area contributed by atoms with Gasteiger partial charge < -0.3 is 9.47 Å². The number of rotatable bonds is 7. The molecule has 1 atom stereocenters. The Hall–Kier alpha value is -2.44. The number of hydrogen-bond acceptors (Lipinski definition) is 4. The number of imidazole rings is 1. The smallest absolute Gasteiger partial charge is 0.224 e. The summed E-state index contributed by atoms with van der Waals surface area (Å²) in [7, 11) is 1.80. The van der Waals surface area contributed by atoms with Gasteiger partial charge in [-0.3, -0.25) is 14.3 Å². The molecule has 0 saturated carbocycles. The molecular formula is C17H25N5O2. The summed E-state index contributed by atoms with van der Waals surface area (Å²) in [5.74, 6) is 0.0618. The number of aryl methyl sites for hydroxylation is 1. The minimum Gasteiger partial charge on any atom is -0.344 e. The minimum atomic E-state index is -0.0972. The van der Waals surface area contributed by atoms with Crippen LogP contribution in [0.4, 0.5) is 0 Å². The summed E-state index contributed by atoms with van der Waals surface area (Å²) in [6, 6.07) is -0.0972. The molecule has 24 heavy (non-hydrogen) atoms. The Labute approximate surface area is 142 Å². The zero-order chi connectivity index (χ0) is 17.9. The zero-order valence-corrected chi connectivity index (χ0v) is 15.0. The van der Waals surface area contributed by atoms with Crippen molar-refractivity contribution >= 4 is 11.7 Å². The molecule has 0 bridgehead atoms. The van der Waals surface area contributed by atoms with Crippen LogP contribution in [0.5, 0.6) is 0 Å². The normalized spacial score (nSPS) is 12.2. The summed E-state index contributed by atoms with van der Waals surface area (Å²) >= 11 is 0. The highest BCUT2D eigenvalue weighted by molar-refractivity contribution is 5.96. The summed E-state index contributed by atoms with van der Waals surface area (Å²) in [6.07, 6.45) is 5.68. The van der Waals surface area contributed by atoms with Crippen molar-refractivity contribution in [1.29, 1.82) is 0 Å². The monoisotopic (exact) mass is 331 g/mol. The van der Waals surface area contributed by atoms with Crippen molar-refractivity contribution in [3.8, 4) is 0 Å². The largest absolute Gasteiger partial charge is 0.344 e. The number of hydrogen-bond donors (Lipinski definition) is 0. The molecule has 0 fully saturated rings. The molecule has 0 aliphatic carbocycles. The Morgan fingerprint density at radius 3 is 2.58 bits per heavy atom. The molecule has 1 amide bonds. The van der Waals surface area contributed by atoms with Crippen molar-refractivity contribution in [3.05, 3.63) is 35.7 Å². The number of carbonyl (C=O) groups is 2. The Kier molecular flexibility index (Phi) is 5.54. The van der Waals surface area contributed by atoms with Crippen LogP contribution < -0.4 is 0 Å². The second kappa shape index (κ2) is 7.42. The van der Waals surface area contributed by atoms with E-state index in [2.05, 4.69) is 10.1 Å². The number of Topliss-reactive ketones (excluding diaryl/α,β-unsaturated/α-hetero) is 1. The molecule has 2 aromatic rings. The van der Waals surface area contributed by atoms with Crippen molar-refractivity contribution < 1.29 is 9.59 Å². The van der Waals surface area contributed by atoms with E-state index in [0.29, 0.717) is 30.8 Å². The zero-order valence-electron chi connectivity index (χ0n) is 15.0. The Morgan fingerprint density at radius 2 is 2.04 bits per heavy atom. The van der Waals surface area contributed by atoms with Gasteiger partial charge >= 0.3 is 0 Å². The fourth-order valence-corrected chi connectivity index (χ4v) is 2.91. The van der Waals surface area contributed by atoms with Gasteiger partial charge in [0, 0.05) is 44.6 Å². The number of nitrogens with zero attached hydrogens (tertiary/aromatic N) is 5. The van der Waals surface area contributed by atoms with E-state index in [0.717, 1.165) is 5.69 Å². The minimum absolute atomic E-state index is 0.00669. The lowest BCUT2D eigenvalue weighted by Crippen LogP contribution is -2.31. The highest BCUT2D eigenvalue weighted by Gasteiger charge is 2.21. The van der Waals surface area contributed by atoms with Crippen molar-refractivity contribution in [3.63, 3.8) is 0 Å². The third-order valence-corrected chi connectivity index (χ3v) is 4.24. The predicted octanol–water partition coefficient (Wildman–Crippen LogP) is 2.01. The van der Waals surface area contributed by atoms with Crippen LogP contribution in [0.25, 0.3) is 0 Å². The highest BCUT2D eigenvalue weighted by atomic mass is 16.2. The number of ketones is 1. The van der Waals surface area contributed by atoms with Gasteiger partial charge in [-0.2, -0.15) is 5.10 Å². The van der Waals surface area contributed by atoms with Crippen molar-refractivity contribution in [2.45, 2.75) is 46.7 Å². The van der Waals surface area contributed by atoms with Gasteiger partial charge in [-0.1, -0.05) is 0 Å². The summed E-state index contributed by atoms with van der Waals surface area (Å²) < 4.78 is 3.72. The SMILES string of the molecule is CC(=O)c1c(C)nn([C@H](C)CC(=O)N(C)CCn2ccnc2)c1C. The summed E-state index contributed by atoms with van der Waals surface area (Å²) in [5.41, 5.74) is 2.19. The average molecular weight is 331 g/mol. The third-order valence-electron chi connectivity index (χ3n) is 4.24. The second-order valence-electron chi connectivity index (χ2n) is 6.22. The Bertz CT molecular complexity index is 718. The van der Waals surface area contributed by atoms with Crippen LogP contribution in [-0.4, -0.2) is 49.5 Å². The molecule has 0 aliphatic rings. The molecule has 7 nitrogen and oxygen atoms in total. The predicted molar refractivity (Wildman–Crippen MR) is 90.9 cm³/mol. The maximum Gasteiger partial charge on any atom is 0.224 e. The summed E-state index contributed by atoms with van der Waals surface area (Å²) in [5, 5.41) is 4.44. The van der Waals surface area contributed by atoms with E-state index in [1.807, 2.05) is 31.5 Å². The molecule has 0 N–H and O–H groups in total. The lowest BCUT2D eigenvalue weighted by molar-refractivity contribution is -0.130. The highest BCUT2D eigenvalue weighted by Crippen LogP contribution is 2.20. The van der Waals surface area contributed by atoms with E-state index in [1.54, 1.807) is 36.1 Å². The molecule has 2 heterocycles. The molecule has 0 spiro atoms. The molecule has 2 rings (SSSR count). The van der Waals surface area contributed by atoms with Crippen LogP contribution in [0.3, 0.4) is 0 Å². The first-order valence-corrected chi connectivity index (χ1v) is 8.07. The standard InChI is InChI=1S/C17H25N5O2/c1-12(22-14(3)17(15(4)23)13(2)19-22)10-16(24)20(5)8-9-21-7-6-18-11-21/h6-7,11-12H,8-10H2,1-5H3/t12-/m1/s1. The first-order valence-electron chi connectivity index (χ1n) is 8.07. The van der Waals surface area contributed by atoms with E-state index in [9.17, 15) is 9.59 Å². The molecular weight excluding hydrogens is 306 g/mol. The topological polar surface area (TPSA) is 73.0 Å². The van der Waals surface area contributed by atoms with Crippen LogP contribution in [-0.2, 0) is 11.3 Å². The molecule has 0 radical (unpaired) electrons. The van der Waals surface area contributed by atoms with Gasteiger partial charge in [0.1, 0.15) is 0 Å². The molecule has 0 aromatic carbocycles.